The second kappa shape index (κ2) is 9.46. The highest BCUT2D eigenvalue weighted by atomic mass is 19.4. The molecular weight excluding hydrogens is 483 g/mol. The van der Waals surface area contributed by atoms with E-state index in [-0.39, 0.29) is 30.0 Å². The first-order chi connectivity index (χ1) is 17.6. The van der Waals surface area contributed by atoms with Crippen LogP contribution in [0.25, 0.3) is 11.1 Å². The SMILES string of the molecule is Cc1ccc(Cn2c(C(=O)N3CCN(C(=O)c4ccc(C(F)(F)F)cc4)[C@@H](C)C3)cc3ccoc32)cc1. The molecule has 0 saturated carbocycles. The van der Waals surface area contributed by atoms with E-state index >= 15 is 0 Å². The molecule has 5 rings (SSSR count). The van der Waals surface area contributed by atoms with Gasteiger partial charge in [-0.2, -0.15) is 13.2 Å². The van der Waals surface area contributed by atoms with E-state index in [1.54, 1.807) is 16.1 Å². The van der Waals surface area contributed by atoms with Crippen molar-refractivity contribution in [3.63, 3.8) is 0 Å². The van der Waals surface area contributed by atoms with Crippen LogP contribution in [0.3, 0.4) is 0 Å². The molecule has 0 radical (unpaired) electrons. The number of fused-ring (bicyclic) bond motifs is 1. The lowest BCUT2D eigenvalue weighted by atomic mass is 10.1. The number of rotatable bonds is 4. The highest BCUT2D eigenvalue weighted by Gasteiger charge is 2.34. The molecule has 192 valence electrons. The van der Waals surface area contributed by atoms with Crippen molar-refractivity contribution < 1.29 is 27.2 Å². The molecule has 2 aromatic heterocycles. The summed E-state index contributed by atoms with van der Waals surface area (Å²) in [5.74, 6) is -0.513. The van der Waals surface area contributed by atoms with Gasteiger partial charge >= 0.3 is 6.18 Å². The number of piperazine rings is 1. The summed E-state index contributed by atoms with van der Waals surface area (Å²) in [5, 5.41) is 0.833. The van der Waals surface area contributed by atoms with E-state index in [0.29, 0.717) is 31.0 Å². The number of carbonyl (C=O) groups excluding carboxylic acids is 2. The van der Waals surface area contributed by atoms with Crippen molar-refractivity contribution in [2.45, 2.75) is 32.6 Å². The monoisotopic (exact) mass is 509 g/mol. The van der Waals surface area contributed by atoms with E-state index in [0.717, 1.165) is 28.6 Å². The van der Waals surface area contributed by atoms with E-state index in [1.165, 1.54) is 12.1 Å². The number of benzene rings is 2. The second-order valence-electron chi connectivity index (χ2n) is 9.46. The van der Waals surface area contributed by atoms with Crippen LogP contribution < -0.4 is 0 Å². The third kappa shape index (κ3) is 4.85. The summed E-state index contributed by atoms with van der Waals surface area (Å²) < 4.78 is 46.2. The molecule has 0 spiro atoms. The molecule has 0 N–H and O–H groups in total. The summed E-state index contributed by atoms with van der Waals surface area (Å²) in [5.41, 5.74) is 2.69. The molecular formula is C28H26F3N3O3. The fourth-order valence-corrected chi connectivity index (χ4v) is 4.76. The van der Waals surface area contributed by atoms with Crippen LogP contribution in [0.4, 0.5) is 13.2 Å². The number of hydrogen-bond acceptors (Lipinski definition) is 3. The Balaban J connectivity index is 1.32. The molecule has 2 aromatic carbocycles. The van der Waals surface area contributed by atoms with Crippen molar-refractivity contribution in [2.24, 2.45) is 0 Å². The Bertz CT molecular complexity index is 1440. The zero-order valence-electron chi connectivity index (χ0n) is 20.5. The molecule has 1 aliphatic rings. The zero-order valence-corrected chi connectivity index (χ0v) is 20.5. The van der Waals surface area contributed by atoms with Crippen LogP contribution in [0.15, 0.2) is 71.3 Å². The lowest BCUT2D eigenvalue weighted by molar-refractivity contribution is -0.137. The highest BCUT2D eigenvalue weighted by molar-refractivity contribution is 5.98. The van der Waals surface area contributed by atoms with Crippen molar-refractivity contribution in [3.05, 3.63) is 94.9 Å². The van der Waals surface area contributed by atoms with E-state index in [1.807, 2.05) is 54.8 Å². The number of halogens is 3. The van der Waals surface area contributed by atoms with Crippen LogP contribution in [0.1, 0.15) is 44.5 Å². The predicted octanol–water partition coefficient (Wildman–Crippen LogP) is 5.60. The van der Waals surface area contributed by atoms with Crippen LogP contribution in [0, 0.1) is 6.92 Å². The smallest absolute Gasteiger partial charge is 0.416 e. The van der Waals surface area contributed by atoms with E-state index in [4.69, 9.17) is 4.42 Å². The van der Waals surface area contributed by atoms with Gasteiger partial charge in [0.25, 0.3) is 11.8 Å². The molecule has 4 aromatic rings. The number of hydrogen-bond donors (Lipinski definition) is 0. The van der Waals surface area contributed by atoms with Gasteiger partial charge in [-0.1, -0.05) is 29.8 Å². The van der Waals surface area contributed by atoms with E-state index in [2.05, 4.69) is 0 Å². The molecule has 0 unspecified atom stereocenters. The van der Waals surface area contributed by atoms with Crippen molar-refractivity contribution in [1.82, 2.24) is 14.4 Å². The molecule has 6 nitrogen and oxygen atoms in total. The first-order valence-electron chi connectivity index (χ1n) is 12.0. The summed E-state index contributed by atoms with van der Waals surface area (Å²) in [6.07, 6.45) is -2.86. The van der Waals surface area contributed by atoms with Crippen LogP contribution in [-0.4, -0.2) is 51.9 Å². The predicted molar refractivity (Wildman–Crippen MR) is 132 cm³/mol. The third-order valence-corrected chi connectivity index (χ3v) is 6.82. The molecule has 0 bridgehead atoms. The molecule has 1 fully saturated rings. The van der Waals surface area contributed by atoms with Crippen LogP contribution >= 0.6 is 0 Å². The molecule has 9 heteroatoms. The number of amides is 2. The van der Waals surface area contributed by atoms with E-state index < -0.39 is 11.7 Å². The van der Waals surface area contributed by atoms with Gasteiger partial charge in [-0.15, -0.1) is 0 Å². The number of aromatic nitrogens is 1. The van der Waals surface area contributed by atoms with Gasteiger partial charge in [-0.25, -0.2) is 0 Å². The Kier molecular flexibility index (Phi) is 6.31. The largest absolute Gasteiger partial charge is 0.448 e. The summed E-state index contributed by atoms with van der Waals surface area (Å²) in [7, 11) is 0. The van der Waals surface area contributed by atoms with Gasteiger partial charge in [0, 0.05) is 36.6 Å². The number of carbonyl (C=O) groups is 2. The van der Waals surface area contributed by atoms with Gasteiger partial charge in [0.2, 0.25) is 5.71 Å². The maximum Gasteiger partial charge on any atom is 0.416 e. The second-order valence-corrected chi connectivity index (χ2v) is 9.46. The van der Waals surface area contributed by atoms with Crippen molar-refractivity contribution in [1.29, 1.82) is 0 Å². The Morgan fingerprint density at radius 2 is 1.68 bits per heavy atom. The van der Waals surface area contributed by atoms with Gasteiger partial charge in [-0.3, -0.25) is 9.59 Å². The van der Waals surface area contributed by atoms with Gasteiger partial charge in [0.05, 0.1) is 18.4 Å². The lowest BCUT2D eigenvalue weighted by Gasteiger charge is -2.40. The maximum atomic E-state index is 13.6. The average Bonchev–Trinajstić information content (AvgIpc) is 3.46. The standard InChI is InChI=1S/C28H26F3N3O3/c1-18-3-5-20(6-4-18)17-34-24(15-22-11-14-37-27(22)34)26(36)32-12-13-33(19(2)16-32)25(35)21-7-9-23(10-8-21)28(29,30)31/h3-11,14-15,19H,12-13,16-17H2,1-2H3/t19-/m0/s1. The molecule has 1 saturated heterocycles. The number of alkyl halides is 3. The number of nitrogens with zero attached hydrogens (tertiary/aromatic N) is 3. The molecule has 37 heavy (non-hydrogen) atoms. The normalized spacial score (nSPS) is 16.4. The fraction of sp³-hybridized carbons (Fsp3) is 0.286. The molecule has 1 atom stereocenters. The minimum absolute atomic E-state index is 0.160. The van der Waals surface area contributed by atoms with Crippen LogP contribution in [0.5, 0.6) is 0 Å². The van der Waals surface area contributed by atoms with Crippen molar-refractivity contribution in [2.75, 3.05) is 19.6 Å². The lowest BCUT2D eigenvalue weighted by Crippen LogP contribution is -2.55. The quantitative estimate of drug-likeness (QED) is 0.360. The Morgan fingerprint density at radius 1 is 0.973 bits per heavy atom. The first-order valence-corrected chi connectivity index (χ1v) is 12.0. The Morgan fingerprint density at radius 3 is 2.32 bits per heavy atom. The fourth-order valence-electron chi connectivity index (χ4n) is 4.76. The third-order valence-electron chi connectivity index (χ3n) is 6.82. The zero-order chi connectivity index (χ0) is 26.3. The first kappa shape index (κ1) is 24.7. The van der Waals surface area contributed by atoms with Gasteiger partial charge < -0.3 is 18.8 Å². The molecule has 3 heterocycles. The molecule has 0 aliphatic carbocycles. The summed E-state index contributed by atoms with van der Waals surface area (Å²) >= 11 is 0. The minimum Gasteiger partial charge on any atom is -0.448 e. The topological polar surface area (TPSA) is 58.7 Å². The van der Waals surface area contributed by atoms with E-state index in [9.17, 15) is 22.8 Å². The summed E-state index contributed by atoms with van der Waals surface area (Å²) in [6, 6.07) is 15.6. The highest BCUT2D eigenvalue weighted by Crippen LogP contribution is 2.30. The number of aryl methyl sites for hydroxylation is 1. The van der Waals surface area contributed by atoms with Gasteiger partial charge in [0.1, 0.15) is 5.69 Å². The number of furan rings is 1. The van der Waals surface area contributed by atoms with Crippen LogP contribution in [-0.2, 0) is 12.7 Å². The molecule has 2 amide bonds. The van der Waals surface area contributed by atoms with Crippen molar-refractivity contribution >= 4 is 22.9 Å². The Labute approximate surface area is 211 Å². The maximum absolute atomic E-state index is 13.6. The Hall–Kier alpha value is -4.01. The average molecular weight is 510 g/mol. The molecule has 1 aliphatic heterocycles. The summed E-state index contributed by atoms with van der Waals surface area (Å²) in [6.45, 7) is 5.22. The van der Waals surface area contributed by atoms with Gasteiger partial charge in [-0.05, 0) is 55.8 Å². The van der Waals surface area contributed by atoms with Gasteiger partial charge in [0.15, 0.2) is 0 Å². The minimum atomic E-state index is -4.46. The summed E-state index contributed by atoms with van der Waals surface area (Å²) in [4.78, 5) is 29.9. The van der Waals surface area contributed by atoms with Crippen molar-refractivity contribution in [3.8, 4) is 0 Å². The van der Waals surface area contributed by atoms with Crippen LogP contribution in [0.2, 0.25) is 0 Å².